The molecule has 3 aromatic carbocycles. The highest BCUT2D eigenvalue weighted by Gasteiger charge is 2.19. The summed E-state index contributed by atoms with van der Waals surface area (Å²) < 4.78 is 0. The lowest BCUT2D eigenvalue weighted by molar-refractivity contribution is 0.101. The van der Waals surface area contributed by atoms with Crippen molar-refractivity contribution in [2.45, 2.75) is 12.8 Å². The Balaban J connectivity index is 1.37. The Morgan fingerprint density at radius 3 is 2.44 bits per heavy atom. The van der Waals surface area contributed by atoms with E-state index in [-0.39, 0.29) is 11.8 Å². The van der Waals surface area contributed by atoms with Gasteiger partial charge in [0.05, 0.1) is 0 Å². The number of pyridine rings is 1. The van der Waals surface area contributed by atoms with Gasteiger partial charge in [0.1, 0.15) is 0 Å². The molecule has 0 atom stereocenters. The molecule has 1 aliphatic heterocycles. The number of halogens is 1. The van der Waals surface area contributed by atoms with Gasteiger partial charge < -0.3 is 26.2 Å². The van der Waals surface area contributed by atoms with Crippen LogP contribution in [-0.4, -0.2) is 65.4 Å². The van der Waals surface area contributed by atoms with Crippen LogP contribution >= 0.6 is 11.6 Å². The molecule has 0 unspecified atom stereocenters. The fourth-order valence-corrected chi connectivity index (χ4v) is 5.19. The van der Waals surface area contributed by atoms with Gasteiger partial charge in [-0.25, -0.2) is 4.79 Å². The van der Waals surface area contributed by atoms with Gasteiger partial charge in [-0.2, -0.15) is 0 Å². The third kappa shape index (κ3) is 7.00. The van der Waals surface area contributed by atoms with E-state index in [9.17, 15) is 14.4 Å². The minimum Gasteiger partial charge on any atom is -0.351 e. The van der Waals surface area contributed by atoms with Crippen molar-refractivity contribution in [3.63, 3.8) is 0 Å². The van der Waals surface area contributed by atoms with Crippen LogP contribution in [-0.2, 0) is 6.42 Å². The van der Waals surface area contributed by atoms with Crippen molar-refractivity contribution >= 4 is 51.6 Å². The van der Waals surface area contributed by atoms with E-state index in [0.29, 0.717) is 53.6 Å². The first kappa shape index (κ1) is 28.1. The van der Waals surface area contributed by atoms with E-state index >= 15 is 0 Å². The van der Waals surface area contributed by atoms with E-state index < -0.39 is 6.03 Å². The number of nitrogens with zero attached hydrogens (tertiary/aromatic N) is 3. The second-order valence-corrected chi connectivity index (χ2v) is 10.4. The predicted molar refractivity (Wildman–Crippen MR) is 161 cm³/mol. The Kier molecular flexibility index (Phi) is 8.76. The minimum absolute atomic E-state index is 0.293. The summed E-state index contributed by atoms with van der Waals surface area (Å²) >= 11 is 6.11. The van der Waals surface area contributed by atoms with Crippen LogP contribution in [0.25, 0.3) is 10.8 Å². The molecular formula is C31H31ClN6O3. The first-order valence-electron chi connectivity index (χ1n) is 13.5. The molecular weight excluding hydrogens is 540 g/mol. The highest BCUT2D eigenvalue weighted by atomic mass is 35.5. The molecule has 0 aliphatic carbocycles. The lowest BCUT2D eigenvalue weighted by Crippen LogP contribution is -2.38. The SMILES string of the molecule is NC(=O)N1CCCN(CCc2ccc(C(=O)Nc3cccc4cnccc34)cc2NC(=O)c2cccc(Cl)c2)CC1. The molecule has 9 nitrogen and oxygen atoms in total. The number of rotatable bonds is 7. The molecule has 210 valence electrons. The van der Waals surface area contributed by atoms with Gasteiger partial charge in [0.15, 0.2) is 0 Å². The monoisotopic (exact) mass is 570 g/mol. The quantitative estimate of drug-likeness (QED) is 0.288. The number of benzene rings is 3. The Hall–Kier alpha value is -4.47. The largest absolute Gasteiger partial charge is 0.351 e. The van der Waals surface area contributed by atoms with E-state index in [1.165, 1.54) is 0 Å². The lowest BCUT2D eigenvalue weighted by atomic mass is 10.0. The number of nitrogens with one attached hydrogen (secondary N) is 2. The summed E-state index contributed by atoms with van der Waals surface area (Å²) in [6.45, 7) is 3.51. The Labute approximate surface area is 243 Å². The van der Waals surface area contributed by atoms with Crippen LogP contribution in [0.15, 0.2) is 79.1 Å². The highest BCUT2D eigenvalue weighted by molar-refractivity contribution is 6.31. The van der Waals surface area contributed by atoms with Gasteiger partial charge in [0, 0.05) is 76.9 Å². The molecule has 0 radical (unpaired) electrons. The average Bonchev–Trinajstić information content (AvgIpc) is 3.23. The maximum absolute atomic E-state index is 13.3. The van der Waals surface area contributed by atoms with Crippen molar-refractivity contribution in [1.29, 1.82) is 0 Å². The summed E-state index contributed by atoms with van der Waals surface area (Å²) in [5.41, 5.74) is 8.42. The molecule has 1 aromatic heterocycles. The van der Waals surface area contributed by atoms with Crippen LogP contribution in [0.5, 0.6) is 0 Å². The van der Waals surface area contributed by atoms with Gasteiger partial charge in [-0.3, -0.25) is 14.6 Å². The smallest absolute Gasteiger partial charge is 0.314 e. The topological polar surface area (TPSA) is 121 Å². The number of primary amides is 1. The van der Waals surface area contributed by atoms with Crippen molar-refractivity contribution in [3.05, 3.63) is 101 Å². The van der Waals surface area contributed by atoms with E-state index in [0.717, 1.165) is 35.8 Å². The van der Waals surface area contributed by atoms with Gasteiger partial charge in [-0.05, 0) is 67.4 Å². The number of amides is 4. The van der Waals surface area contributed by atoms with Crippen LogP contribution < -0.4 is 16.4 Å². The van der Waals surface area contributed by atoms with Crippen LogP contribution in [0.2, 0.25) is 5.02 Å². The number of carbonyl (C=O) groups is 3. The van der Waals surface area contributed by atoms with E-state index in [1.807, 2.05) is 30.3 Å². The summed E-state index contributed by atoms with van der Waals surface area (Å²) in [7, 11) is 0. The normalized spacial score (nSPS) is 13.9. The van der Waals surface area contributed by atoms with Crippen molar-refractivity contribution < 1.29 is 14.4 Å². The zero-order valence-electron chi connectivity index (χ0n) is 22.5. The van der Waals surface area contributed by atoms with Gasteiger partial charge >= 0.3 is 6.03 Å². The first-order chi connectivity index (χ1) is 19.9. The Morgan fingerprint density at radius 2 is 1.63 bits per heavy atom. The van der Waals surface area contributed by atoms with Crippen molar-refractivity contribution in [3.8, 4) is 0 Å². The van der Waals surface area contributed by atoms with E-state index in [4.69, 9.17) is 17.3 Å². The molecule has 2 heterocycles. The minimum atomic E-state index is -0.396. The highest BCUT2D eigenvalue weighted by Crippen LogP contribution is 2.25. The van der Waals surface area contributed by atoms with Crippen molar-refractivity contribution in [1.82, 2.24) is 14.8 Å². The molecule has 0 saturated carbocycles. The van der Waals surface area contributed by atoms with Gasteiger partial charge in [-0.1, -0.05) is 35.9 Å². The maximum Gasteiger partial charge on any atom is 0.314 e. The Morgan fingerprint density at radius 1 is 0.854 bits per heavy atom. The lowest BCUT2D eigenvalue weighted by Gasteiger charge is -2.21. The molecule has 1 saturated heterocycles. The summed E-state index contributed by atoms with van der Waals surface area (Å²) in [4.78, 5) is 46.2. The fourth-order valence-electron chi connectivity index (χ4n) is 5.00. The van der Waals surface area contributed by atoms with Gasteiger partial charge in [0.25, 0.3) is 11.8 Å². The summed E-state index contributed by atoms with van der Waals surface area (Å²) in [6, 6.07) is 19.2. The molecule has 10 heteroatoms. The van der Waals surface area contributed by atoms with Gasteiger partial charge in [-0.15, -0.1) is 0 Å². The molecule has 1 aliphatic rings. The van der Waals surface area contributed by atoms with E-state index in [2.05, 4.69) is 20.5 Å². The number of aromatic nitrogens is 1. The molecule has 4 aromatic rings. The zero-order valence-corrected chi connectivity index (χ0v) is 23.2. The number of hydrogen-bond donors (Lipinski definition) is 3. The molecule has 0 bridgehead atoms. The van der Waals surface area contributed by atoms with Crippen LogP contribution in [0.4, 0.5) is 16.2 Å². The second kappa shape index (κ2) is 12.8. The third-order valence-electron chi connectivity index (χ3n) is 7.23. The number of hydrogen-bond acceptors (Lipinski definition) is 5. The number of nitrogens with two attached hydrogens (primary N) is 1. The number of carbonyl (C=O) groups excluding carboxylic acids is 3. The molecule has 41 heavy (non-hydrogen) atoms. The molecule has 1 fully saturated rings. The van der Waals surface area contributed by atoms with Crippen LogP contribution in [0.3, 0.4) is 0 Å². The summed E-state index contributed by atoms with van der Waals surface area (Å²) in [5.74, 6) is -0.613. The maximum atomic E-state index is 13.3. The Bertz CT molecular complexity index is 1590. The fraction of sp³-hybridized carbons (Fsp3) is 0.226. The van der Waals surface area contributed by atoms with Crippen LogP contribution in [0.1, 0.15) is 32.7 Å². The van der Waals surface area contributed by atoms with E-state index in [1.54, 1.807) is 53.7 Å². The number of urea groups is 1. The molecule has 4 amide bonds. The predicted octanol–water partition coefficient (Wildman–Crippen LogP) is 5.02. The van der Waals surface area contributed by atoms with Gasteiger partial charge in [0.2, 0.25) is 0 Å². The third-order valence-corrected chi connectivity index (χ3v) is 7.47. The summed E-state index contributed by atoms with van der Waals surface area (Å²) in [5, 5.41) is 8.25. The van der Waals surface area contributed by atoms with Crippen molar-refractivity contribution in [2.75, 3.05) is 43.4 Å². The molecule has 4 N–H and O–H groups in total. The number of anilines is 2. The molecule has 5 rings (SSSR count). The zero-order chi connectivity index (χ0) is 28.8. The van der Waals surface area contributed by atoms with Crippen molar-refractivity contribution in [2.24, 2.45) is 5.73 Å². The average molecular weight is 571 g/mol. The molecule has 0 spiro atoms. The summed E-state index contributed by atoms with van der Waals surface area (Å²) in [6.07, 6.45) is 4.91. The second-order valence-electron chi connectivity index (χ2n) is 9.96. The number of fused-ring (bicyclic) bond motifs is 1. The van der Waals surface area contributed by atoms with Crippen LogP contribution in [0, 0.1) is 0 Å². The first-order valence-corrected chi connectivity index (χ1v) is 13.9. The standard InChI is InChI=1S/C31H31ClN6O3/c32-25-6-1-4-22(18-25)29(39)36-28-19-23(30(40)35-27-7-2-5-24-20-34-12-10-26(24)27)9-8-21(28)11-15-37-13-3-14-38(17-16-37)31(33)41/h1-2,4-10,12,18-20H,3,11,13-17H2,(H2,33,41)(H,35,40)(H,36,39).